The van der Waals surface area contributed by atoms with E-state index in [0.717, 1.165) is 6.54 Å². The summed E-state index contributed by atoms with van der Waals surface area (Å²) in [4.78, 5) is 14.4. The fraction of sp³-hybridized carbons (Fsp3) is 0.562. The highest BCUT2D eigenvalue weighted by molar-refractivity contribution is 5.79. The number of benzene rings is 1. The van der Waals surface area contributed by atoms with Crippen LogP contribution in [0.25, 0.3) is 0 Å². The Bertz CT molecular complexity index is 455. The smallest absolute Gasteiger partial charge is 0.225 e. The molecule has 1 aromatic carbocycles. The topological polar surface area (TPSA) is 46.3 Å². The average molecular weight is 258 g/mol. The van der Waals surface area contributed by atoms with Gasteiger partial charge in [0.05, 0.1) is 0 Å². The molecule has 2 N–H and O–H groups in total. The minimum absolute atomic E-state index is 0.0674. The van der Waals surface area contributed by atoms with Crippen molar-refractivity contribution in [1.29, 1.82) is 0 Å². The number of hydrogen-bond donors (Lipinski definition) is 1. The minimum atomic E-state index is 0.0674. The average Bonchev–Trinajstić information content (AvgIpc) is 3.21. The highest BCUT2D eigenvalue weighted by atomic mass is 16.2. The predicted molar refractivity (Wildman–Crippen MR) is 75.6 cm³/mol. The van der Waals surface area contributed by atoms with Gasteiger partial charge in [0.1, 0.15) is 0 Å². The second kappa shape index (κ2) is 4.97. The van der Waals surface area contributed by atoms with Gasteiger partial charge in [-0.25, -0.2) is 0 Å². The number of amides is 1. The predicted octanol–water partition coefficient (Wildman–Crippen LogP) is 1.99. The Morgan fingerprint density at radius 1 is 1.26 bits per heavy atom. The van der Waals surface area contributed by atoms with E-state index in [2.05, 4.69) is 19.1 Å². The molecule has 0 spiro atoms. The van der Waals surface area contributed by atoms with Gasteiger partial charge in [0.15, 0.2) is 0 Å². The van der Waals surface area contributed by atoms with Crippen molar-refractivity contribution in [3.05, 3.63) is 35.9 Å². The van der Waals surface area contributed by atoms with E-state index in [9.17, 15) is 4.79 Å². The van der Waals surface area contributed by atoms with Gasteiger partial charge in [0.2, 0.25) is 5.91 Å². The number of nitrogens with zero attached hydrogens (tertiary/aromatic N) is 1. The molecule has 102 valence electrons. The first-order chi connectivity index (χ1) is 9.16. The van der Waals surface area contributed by atoms with Crippen molar-refractivity contribution in [2.24, 2.45) is 17.6 Å². The summed E-state index contributed by atoms with van der Waals surface area (Å²) in [7, 11) is 0. The van der Waals surface area contributed by atoms with Gasteiger partial charge in [-0.3, -0.25) is 4.79 Å². The number of carbonyl (C=O) groups excluding carboxylic acids is 1. The molecule has 1 amide bonds. The van der Waals surface area contributed by atoms with E-state index in [1.807, 2.05) is 23.1 Å². The maximum atomic E-state index is 12.4. The zero-order valence-corrected chi connectivity index (χ0v) is 11.5. The Balaban J connectivity index is 1.69. The number of carbonyl (C=O) groups is 1. The van der Waals surface area contributed by atoms with Gasteiger partial charge in [0, 0.05) is 31.0 Å². The van der Waals surface area contributed by atoms with E-state index in [4.69, 9.17) is 5.73 Å². The van der Waals surface area contributed by atoms with Crippen LogP contribution in [0.5, 0.6) is 0 Å². The third-order valence-corrected chi connectivity index (χ3v) is 4.62. The lowest BCUT2D eigenvalue weighted by molar-refractivity contribution is -0.134. The third kappa shape index (κ3) is 2.52. The molecule has 2 aliphatic rings. The summed E-state index contributed by atoms with van der Waals surface area (Å²) in [6.45, 7) is 3.55. The SMILES string of the molecule is CC(C(=O)N1C[C@@H](N)[C@H](c2ccccc2)C1)C1CC1. The lowest BCUT2D eigenvalue weighted by Gasteiger charge is -2.20. The quantitative estimate of drug-likeness (QED) is 0.901. The normalized spacial score (nSPS) is 28.4. The molecule has 3 nitrogen and oxygen atoms in total. The van der Waals surface area contributed by atoms with E-state index >= 15 is 0 Å². The maximum absolute atomic E-state index is 12.4. The second-order valence-corrected chi connectivity index (χ2v) is 6.05. The molecule has 2 fully saturated rings. The van der Waals surface area contributed by atoms with E-state index < -0.39 is 0 Å². The Kier molecular flexibility index (Phi) is 3.31. The third-order valence-electron chi connectivity index (χ3n) is 4.62. The van der Waals surface area contributed by atoms with Crippen LogP contribution < -0.4 is 5.73 Å². The first kappa shape index (κ1) is 12.7. The summed E-state index contributed by atoms with van der Waals surface area (Å²) in [6.07, 6.45) is 2.43. The fourth-order valence-corrected chi connectivity index (χ4v) is 3.15. The molecule has 1 unspecified atom stereocenters. The van der Waals surface area contributed by atoms with E-state index in [1.54, 1.807) is 0 Å². The van der Waals surface area contributed by atoms with Crippen LogP contribution in [0.15, 0.2) is 30.3 Å². The molecule has 0 aromatic heterocycles. The van der Waals surface area contributed by atoms with E-state index in [1.165, 1.54) is 18.4 Å². The highest BCUT2D eigenvalue weighted by Gasteiger charge is 2.39. The van der Waals surface area contributed by atoms with Crippen LogP contribution in [0.4, 0.5) is 0 Å². The number of likely N-dealkylation sites (tertiary alicyclic amines) is 1. The van der Waals surface area contributed by atoms with Crippen molar-refractivity contribution >= 4 is 5.91 Å². The first-order valence-electron chi connectivity index (χ1n) is 7.26. The van der Waals surface area contributed by atoms with E-state index in [0.29, 0.717) is 18.4 Å². The molecule has 1 saturated heterocycles. The lowest BCUT2D eigenvalue weighted by Crippen LogP contribution is -2.36. The molecule has 19 heavy (non-hydrogen) atoms. The van der Waals surface area contributed by atoms with Crippen LogP contribution in [-0.2, 0) is 4.79 Å². The van der Waals surface area contributed by atoms with Crippen molar-refractivity contribution in [1.82, 2.24) is 4.90 Å². The fourth-order valence-electron chi connectivity index (χ4n) is 3.15. The molecule has 1 heterocycles. The molecule has 1 saturated carbocycles. The van der Waals surface area contributed by atoms with Crippen molar-refractivity contribution in [2.45, 2.75) is 31.7 Å². The van der Waals surface area contributed by atoms with Crippen molar-refractivity contribution in [3.63, 3.8) is 0 Å². The zero-order valence-electron chi connectivity index (χ0n) is 11.5. The largest absolute Gasteiger partial charge is 0.340 e. The molecule has 3 atom stereocenters. The number of hydrogen-bond acceptors (Lipinski definition) is 2. The molecular formula is C16H22N2O. The molecular weight excluding hydrogens is 236 g/mol. The summed E-state index contributed by atoms with van der Waals surface area (Å²) >= 11 is 0. The molecule has 1 aromatic rings. The van der Waals surface area contributed by atoms with Crippen LogP contribution in [0, 0.1) is 11.8 Å². The van der Waals surface area contributed by atoms with Crippen molar-refractivity contribution in [2.75, 3.05) is 13.1 Å². The molecule has 0 radical (unpaired) electrons. The maximum Gasteiger partial charge on any atom is 0.225 e. The van der Waals surface area contributed by atoms with Crippen LogP contribution >= 0.6 is 0 Å². The molecule has 0 bridgehead atoms. The van der Waals surface area contributed by atoms with Gasteiger partial charge in [-0.2, -0.15) is 0 Å². The summed E-state index contributed by atoms with van der Waals surface area (Å²) in [5, 5.41) is 0. The van der Waals surface area contributed by atoms with E-state index in [-0.39, 0.29) is 17.9 Å². The molecule has 1 aliphatic heterocycles. The molecule has 3 heteroatoms. The lowest BCUT2D eigenvalue weighted by atomic mass is 9.95. The van der Waals surface area contributed by atoms with Crippen LogP contribution in [0.1, 0.15) is 31.2 Å². The summed E-state index contributed by atoms with van der Waals surface area (Å²) in [5.41, 5.74) is 7.49. The number of rotatable bonds is 3. The summed E-state index contributed by atoms with van der Waals surface area (Å²) < 4.78 is 0. The Labute approximate surface area is 114 Å². The van der Waals surface area contributed by atoms with Gasteiger partial charge in [-0.1, -0.05) is 37.3 Å². The van der Waals surface area contributed by atoms with Crippen LogP contribution in [0.2, 0.25) is 0 Å². The molecule has 3 rings (SSSR count). The van der Waals surface area contributed by atoms with Gasteiger partial charge in [-0.05, 0) is 24.3 Å². The summed E-state index contributed by atoms with van der Waals surface area (Å²) in [6, 6.07) is 10.4. The van der Waals surface area contributed by atoms with Crippen LogP contribution in [-0.4, -0.2) is 29.9 Å². The standard InChI is InChI=1S/C16H22N2O/c1-11(12-7-8-12)16(19)18-9-14(15(17)10-18)13-5-3-2-4-6-13/h2-6,11-12,14-15H,7-10,17H2,1H3/t11?,14-,15+/m0/s1. The minimum Gasteiger partial charge on any atom is -0.340 e. The van der Waals surface area contributed by atoms with Crippen molar-refractivity contribution < 1.29 is 4.79 Å². The Morgan fingerprint density at radius 2 is 1.95 bits per heavy atom. The van der Waals surface area contributed by atoms with Gasteiger partial charge >= 0.3 is 0 Å². The number of nitrogens with two attached hydrogens (primary N) is 1. The van der Waals surface area contributed by atoms with Crippen molar-refractivity contribution in [3.8, 4) is 0 Å². The Morgan fingerprint density at radius 3 is 2.58 bits per heavy atom. The second-order valence-electron chi connectivity index (χ2n) is 6.05. The zero-order chi connectivity index (χ0) is 13.4. The summed E-state index contributed by atoms with van der Waals surface area (Å²) in [5.74, 6) is 1.40. The highest BCUT2D eigenvalue weighted by Crippen LogP contribution is 2.38. The van der Waals surface area contributed by atoms with Gasteiger partial charge in [0.25, 0.3) is 0 Å². The molecule has 1 aliphatic carbocycles. The van der Waals surface area contributed by atoms with Crippen LogP contribution in [0.3, 0.4) is 0 Å². The Hall–Kier alpha value is -1.35. The van der Waals surface area contributed by atoms with Gasteiger partial charge < -0.3 is 10.6 Å². The monoisotopic (exact) mass is 258 g/mol. The first-order valence-corrected chi connectivity index (χ1v) is 7.26. The van der Waals surface area contributed by atoms with Gasteiger partial charge in [-0.15, -0.1) is 0 Å².